The summed E-state index contributed by atoms with van der Waals surface area (Å²) in [6.45, 7) is 9.71. The number of carbonyl (C=O) groups is 1. The van der Waals surface area contributed by atoms with Gasteiger partial charge in [0.25, 0.3) is 0 Å². The summed E-state index contributed by atoms with van der Waals surface area (Å²) in [7, 11) is 0. The van der Waals surface area contributed by atoms with Crippen molar-refractivity contribution in [3.63, 3.8) is 0 Å². The third kappa shape index (κ3) is 4.90. The summed E-state index contributed by atoms with van der Waals surface area (Å²) < 4.78 is 0. The molecule has 166 valence electrons. The van der Waals surface area contributed by atoms with Crippen LogP contribution in [0.4, 0.5) is 10.6 Å². The Morgan fingerprint density at radius 3 is 2.41 bits per heavy atom. The topological polar surface area (TPSA) is 61.4 Å². The minimum absolute atomic E-state index is 0.0106. The number of anilines is 1. The van der Waals surface area contributed by atoms with Gasteiger partial charge in [-0.1, -0.05) is 61.0 Å². The quantitative estimate of drug-likeness (QED) is 0.655. The molecule has 3 aromatic rings. The first-order valence-corrected chi connectivity index (χ1v) is 11.3. The van der Waals surface area contributed by atoms with Gasteiger partial charge in [-0.25, -0.2) is 14.8 Å². The van der Waals surface area contributed by atoms with E-state index >= 15 is 0 Å². The Labute approximate surface area is 190 Å². The second-order valence-corrected chi connectivity index (χ2v) is 8.28. The average Bonchev–Trinajstić information content (AvgIpc) is 2.83. The molecule has 0 radical (unpaired) electrons. The smallest absolute Gasteiger partial charge is 0.317 e. The van der Waals surface area contributed by atoms with E-state index in [1.807, 2.05) is 41.3 Å². The summed E-state index contributed by atoms with van der Waals surface area (Å²) in [5, 5.41) is 3.03. The molecule has 0 saturated carbocycles. The molecule has 0 bridgehead atoms. The third-order valence-electron chi connectivity index (χ3n) is 5.97. The van der Waals surface area contributed by atoms with Crippen LogP contribution in [0.1, 0.15) is 29.3 Å². The second kappa shape index (κ2) is 9.81. The molecule has 2 heterocycles. The summed E-state index contributed by atoms with van der Waals surface area (Å²) in [4.78, 5) is 26.6. The van der Waals surface area contributed by atoms with Crippen LogP contribution in [-0.4, -0.2) is 47.1 Å². The van der Waals surface area contributed by atoms with Gasteiger partial charge in [0.05, 0.1) is 0 Å². The molecule has 0 atom stereocenters. The molecule has 1 aromatic heterocycles. The molecule has 6 nitrogen and oxygen atoms in total. The number of carbonyl (C=O) groups excluding carboxylic acids is 1. The number of aryl methyl sites for hydroxylation is 2. The van der Waals surface area contributed by atoms with E-state index in [0.29, 0.717) is 19.6 Å². The molecule has 2 amide bonds. The van der Waals surface area contributed by atoms with Crippen molar-refractivity contribution in [2.45, 2.75) is 33.7 Å². The number of hydrogen-bond donors (Lipinski definition) is 1. The van der Waals surface area contributed by atoms with Crippen LogP contribution in [0.15, 0.2) is 54.6 Å². The van der Waals surface area contributed by atoms with E-state index in [4.69, 9.17) is 9.97 Å². The van der Waals surface area contributed by atoms with Gasteiger partial charge < -0.3 is 15.1 Å². The van der Waals surface area contributed by atoms with Crippen LogP contribution in [0, 0.1) is 13.8 Å². The molecule has 4 rings (SSSR count). The van der Waals surface area contributed by atoms with Gasteiger partial charge in [-0.2, -0.15) is 0 Å². The van der Waals surface area contributed by atoms with Gasteiger partial charge in [0, 0.05) is 49.5 Å². The third-order valence-corrected chi connectivity index (χ3v) is 5.97. The van der Waals surface area contributed by atoms with E-state index in [1.165, 1.54) is 11.1 Å². The van der Waals surface area contributed by atoms with E-state index in [2.05, 4.69) is 49.2 Å². The minimum Gasteiger partial charge on any atom is -0.353 e. The summed E-state index contributed by atoms with van der Waals surface area (Å²) in [5.41, 5.74) is 5.54. The lowest BCUT2D eigenvalue weighted by molar-refractivity contribution is 0.194. The lowest BCUT2D eigenvalue weighted by Gasteiger charge is -2.36. The second-order valence-electron chi connectivity index (χ2n) is 8.28. The van der Waals surface area contributed by atoms with Crippen molar-refractivity contribution in [3.05, 3.63) is 77.0 Å². The maximum Gasteiger partial charge on any atom is 0.317 e. The van der Waals surface area contributed by atoms with Gasteiger partial charge in [0.1, 0.15) is 5.82 Å². The van der Waals surface area contributed by atoms with Crippen LogP contribution >= 0.6 is 0 Å². The van der Waals surface area contributed by atoms with Crippen LogP contribution in [0.2, 0.25) is 0 Å². The summed E-state index contributed by atoms with van der Waals surface area (Å²) >= 11 is 0. The summed E-state index contributed by atoms with van der Waals surface area (Å²) in [6.07, 6.45) is 0.882. The van der Waals surface area contributed by atoms with Crippen molar-refractivity contribution in [3.8, 4) is 11.4 Å². The van der Waals surface area contributed by atoms with E-state index in [9.17, 15) is 4.79 Å². The Morgan fingerprint density at radius 2 is 1.72 bits per heavy atom. The number of rotatable bonds is 5. The fourth-order valence-electron chi connectivity index (χ4n) is 4.18. The van der Waals surface area contributed by atoms with Crippen molar-refractivity contribution < 1.29 is 4.79 Å². The zero-order valence-corrected chi connectivity index (χ0v) is 19.1. The molecule has 1 fully saturated rings. The molecule has 6 heteroatoms. The Bertz CT molecular complexity index is 1070. The predicted octanol–water partition coefficient (Wildman–Crippen LogP) is 4.35. The van der Waals surface area contributed by atoms with Crippen LogP contribution < -0.4 is 10.2 Å². The first kappa shape index (κ1) is 21.8. The largest absolute Gasteiger partial charge is 0.353 e. The van der Waals surface area contributed by atoms with Crippen molar-refractivity contribution in [1.29, 1.82) is 0 Å². The number of urea groups is 1. The molecule has 0 unspecified atom stereocenters. The maximum absolute atomic E-state index is 12.6. The van der Waals surface area contributed by atoms with Gasteiger partial charge >= 0.3 is 6.03 Å². The molecule has 1 saturated heterocycles. The first-order chi connectivity index (χ1) is 15.5. The Hall–Kier alpha value is -3.41. The molecule has 0 aliphatic carbocycles. The average molecular weight is 430 g/mol. The fourth-order valence-corrected chi connectivity index (χ4v) is 4.18. The monoisotopic (exact) mass is 429 g/mol. The van der Waals surface area contributed by atoms with Crippen LogP contribution in [-0.2, 0) is 13.0 Å². The van der Waals surface area contributed by atoms with Gasteiger partial charge in [0.15, 0.2) is 5.82 Å². The predicted molar refractivity (Wildman–Crippen MR) is 129 cm³/mol. The standard InChI is InChI=1S/C26H31N5O/c1-4-23-20(3)28-24(22-12-8-9-19(2)17-22)29-25(23)30-13-15-31(16-14-30)26(32)27-18-21-10-6-5-7-11-21/h5-12,17H,4,13-16,18H2,1-3H3,(H,27,32). The van der Waals surface area contributed by atoms with Crippen molar-refractivity contribution in [2.75, 3.05) is 31.1 Å². The van der Waals surface area contributed by atoms with Crippen molar-refractivity contribution in [2.24, 2.45) is 0 Å². The van der Waals surface area contributed by atoms with Gasteiger partial charge in [-0.15, -0.1) is 0 Å². The number of piperazine rings is 1. The number of nitrogens with one attached hydrogen (secondary N) is 1. The molecule has 32 heavy (non-hydrogen) atoms. The Kier molecular flexibility index (Phi) is 6.69. The van der Waals surface area contributed by atoms with Crippen molar-refractivity contribution in [1.82, 2.24) is 20.2 Å². The lowest BCUT2D eigenvalue weighted by atomic mass is 10.1. The van der Waals surface area contributed by atoms with E-state index < -0.39 is 0 Å². The zero-order valence-electron chi connectivity index (χ0n) is 19.1. The number of amides is 2. The number of aromatic nitrogens is 2. The highest BCUT2D eigenvalue weighted by molar-refractivity contribution is 5.74. The van der Waals surface area contributed by atoms with E-state index in [1.54, 1.807) is 0 Å². The van der Waals surface area contributed by atoms with Crippen LogP contribution in [0.3, 0.4) is 0 Å². The highest BCUT2D eigenvalue weighted by atomic mass is 16.2. The highest BCUT2D eigenvalue weighted by Gasteiger charge is 2.24. The molecular weight excluding hydrogens is 398 g/mol. The van der Waals surface area contributed by atoms with E-state index in [0.717, 1.165) is 48.0 Å². The lowest BCUT2D eigenvalue weighted by Crippen LogP contribution is -2.52. The molecule has 1 aliphatic heterocycles. The molecule has 0 spiro atoms. The summed E-state index contributed by atoms with van der Waals surface area (Å²) in [6, 6.07) is 18.3. The Balaban J connectivity index is 1.46. The van der Waals surface area contributed by atoms with Crippen molar-refractivity contribution >= 4 is 11.8 Å². The maximum atomic E-state index is 12.6. The number of benzene rings is 2. The minimum atomic E-state index is -0.0106. The number of nitrogens with zero attached hydrogens (tertiary/aromatic N) is 4. The fraction of sp³-hybridized carbons (Fsp3) is 0.346. The molecule has 2 aromatic carbocycles. The molecule has 1 aliphatic rings. The Morgan fingerprint density at radius 1 is 0.969 bits per heavy atom. The van der Waals surface area contributed by atoms with Crippen LogP contribution in [0.5, 0.6) is 0 Å². The van der Waals surface area contributed by atoms with Gasteiger partial charge in [0.2, 0.25) is 0 Å². The molecular formula is C26H31N5O. The first-order valence-electron chi connectivity index (χ1n) is 11.3. The number of hydrogen-bond acceptors (Lipinski definition) is 4. The molecule has 1 N–H and O–H groups in total. The van der Waals surface area contributed by atoms with Gasteiger partial charge in [-0.05, 0) is 31.9 Å². The normalized spacial score (nSPS) is 13.8. The zero-order chi connectivity index (χ0) is 22.5. The SMILES string of the molecule is CCc1c(C)nc(-c2cccc(C)c2)nc1N1CCN(C(=O)NCc2ccccc2)CC1. The van der Waals surface area contributed by atoms with Gasteiger partial charge in [-0.3, -0.25) is 0 Å². The summed E-state index contributed by atoms with van der Waals surface area (Å²) in [5.74, 6) is 1.77. The highest BCUT2D eigenvalue weighted by Crippen LogP contribution is 2.27. The van der Waals surface area contributed by atoms with E-state index in [-0.39, 0.29) is 6.03 Å². The van der Waals surface area contributed by atoms with Crippen LogP contribution in [0.25, 0.3) is 11.4 Å².